The molecule has 2 aromatic rings. The zero-order valence-corrected chi connectivity index (χ0v) is 13.3. The molecule has 112 valence electrons. The molecule has 0 aliphatic carbocycles. The Labute approximate surface area is 132 Å². The molecule has 0 bridgehead atoms. The molecule has 21 heavy (non-hydrogen) atoms. The molecule has 0 aliphatic rings. The molecule has 0 spiro atoms. The van der Waals surface area contributed by atoms with E-state index in [0.717, 1.165) is 37.7 Å². The second kappa shape index (κ2) is 8.83. The lowest BCUT2D eigenvalue weighted by atomic mass is 10.2. The summed E-state index contributed by atoms with van der Waals surface area (Å²) in [6.07, 6.45) is 0. The van der Waals surface area contributed by atoms with Crippen molar-refractivity contribution in [2.75, 3.05) is 19.6 Å². The summed E-state index contributed by atoms with van der Waals surface area (Å²) >= 11 is 5.88. The monoisotopic (exact) mass is 302 g/mol. The number of rotatable bonds is 8. The standard InChI is InChI=1S/C18H23ClN2/c1-2-21(15-17-6-4-3-5-7-17)13-12-20-14-16-8-10-18(19)11-9-16/h3-11,20H,2,12-15H2,1H3. The van der Waals surface area contributed by atoms with Gasteiger partial charge in [-0.3, -0.25) is 4.90 Å². The maximum absolute atomic E-state index is 5.88. The van der Waals surface area contributed by atoms with E-state index < -0.39 is 0 Å². The van der Waals surface area contributed by atoms with Crippen LogP contribution >= 0.6 is 11.6 Å². The molecule has 0 saturated heterocycles. The van der Waals surface area contributed by atoms with Crippen molar-refractivity contribution < 1.29 is 0 Å². The Morgan fingerprint density at radius 1 is 0.952 bits per heavy atom. The Bertz CT molecular complexity index is 511. The molecule has 2 nitrogen and oxygen atoms in total. The smallest absolute Gasteiger partial charge is 0.0406 e. The number of hydrogen-bond donors (Lipinski definition) is 1. The minimum absolute atomic E-state index is 0.791. The van der Waals surface area contributed by atoms with Crippen molar-refractivity contribution in [2.24, 2.45) is 0 Å². The van der Waals surface area contributed by atoms with Crippen molar-refractivity contribution in [3.8, 4) is 0 Å². The van der Waals surface area contributed by atoms with Crippen LogP contribution < -0.4 is 5.32 Å². The van der Waals surface area contributed by atoms with Crippen LogP contribution in [0, 0.1) is 0 Å². The topological polar surface area (TPSA) is 15.3 Å². The van der Waals surface area contributed by atoms with Crippen molar-refractivity contribution in [3.05, 3.63) is 70.7 Å². The number of nitrogens with one attached hydrogen (secondary N) is 1. The molecule has 0 aliphatic heterocycles. The number of nitrogens with zero attached hydrogens (tertiary/aromatic N) is 1. The molecule has 0 heterocycles. The van der Waals surface area contributed by atoms with Gasteiger partial charge in [0, 0.05) is 31.2 Å². The second-order valence-corrected chi connectivity index (χ2v) is 5.59. The Kier molecular flexibility index (Phi) is 6.74. The van der Waals surface area contributed by atoms with Crippen molar-refractivity contribution in [1.29, 1.82) is 0 Å². The number of halogens is 1. The lowest BCUT2D eigenvalue weighted by Crippen LogP contribution is -2.31. The summed E-state index contributed by atoms with van der Waals surface area (Å²) in [4.78, 5) is 2.45. The van der Waals surface area contributed by atoms with E-state index in [1.807, 2.05) is 12.1 Å². The first-order chi connectivity index (χ1) is 10.3. The molecule has 3 heteroatoms. The summed E-state index contributed by atoms with van der Waals surface area (Å²) in [7, 11) is 0. The van der Waals surface area contributed by atoms with Gasteiger partial charge in [0.15, 0.2) is 0 Å². The molecule has 0 fully saturated rings. The average molecular weight is 303 g/mol. The summed E-state index contributed by atoms with van der Waals surface area (Å²) in [6, 6.07) is 18.6. The highest BCUT2D eigenvalue weighted by atomic mass is 35.5. The SMILES string of the molecule is CCN(CCNCc1ccc(Cl)cc1)Cc1ccccc1. The van der Waals surface area contributed by atoms with Gasteiger partial charge < -0.3 is 5.32 Å². The zero-order chi connectivity index (χ0) is 14.9. The molecule has 0 saturated carbocycles. The van der Waals surface area contributed by atoms with E-state index in [1.54, 1.807) is 0 Å². The first kappa shape index (κ1) is 16.0. The highest BCUT2D eigenvalue weighted by Gasteiger charge is 2.03. The van der Waals surface area contributed by atoms with Crippen molar-refractivity contribution in [3.63, 3.8) is 0 Å². The fourth-order valence-electron chi connectivity index (χ4n) is 2.26. The summed E-state index contributed by atoms with van der Waals surface area (Å²) in [5, 5.41) is 4.28. The van der Waals surface area contributed by atoms with Crippen LogP contribution in [0.5, 0.6) is 0 Å². The summed E-state index contributed by atoms with van der Waals surface area (Å²) < 4.78 is 0. The molecule has 0 radical (unpaired) electrons. The Morgan fingerprint density at radius 3 is 2.33 bits per heavy atom. The van der Waals surface area contributed by atoms with E-state index in [2.05, 4.69) is 59.6 Å². The van der Waals surface area contributed by atoms with Gasteiger partial charge in [0.05, 0.1) is 0 Å². The van der Waals surface area contributed by atoms with Gasteiger partial charge in [0.1, 0.15) is 0 Å². The molecule has 2 aromatic carbocycles. The van der Waals surface area contributed by atoms with Crippen molar-refractivity contribution in [1.82, 2.24) is 10.2 Å². The largest absolute Gasteiger partial charge is 0.311 e. The van der Waals surface area contributed by atoms with Gasteiger partial charge in [-0.15, -0.1) is 0 Å². The van der Waals surface area contributed by atoms with Gasteiger partial charge in [-0.2, -0.15) is 0 Å². The fraction of sp³-hybridized carbons (Fsp3) is 0.333. The summed E-state index contributed by atoms with van der Waals surface area (Å²) in [5.74, 6) is 0. The maximum atomic E-state index is 5.88. The van der Waals surface area contributed by atoms with E-state index in [-0.39, 0.29) is 0 Å². The van der Waals surface area contributed by atoms with Gasteiger partial charge in [-0.25, -0.2) is 0 Å². The molecule has 0 aromatic heterocycles. The predicted molar refractivity (Wildman–Crippen MR) is 90.6 cm³/mol. The highest BCUT2D eigenvalue weighted by molar-refractivity contribution is 6.30. The van der Waals surface area contributed by atoms with Crippen molar-refractivity contribution in [2.45, 2.75) is 20.0 Å². The molecule has 0 amide bonds. The summed E-state index contributed by atoms with van der Waals surface area (Å²) in [5.41, 5.74) is 2.64. The molecular weight excluding hydrogens is 280 g/mol. The number of likely N-dealkylation sites (N-methyl/N-ethyl adjacent to an activating group) is 1. The van der Waals surface area contributed by atoms with E-state index in [0.29, 0.717) is 0 Å². The number of benzene rings is 2. The fourth-order valence-corrected chi connectivity index (χ4v) is 2.39. The van der Waals surface area contributed by atoms with Crippen LogP contribution in [0.3, 0.4) is 0 Å². The van der Waals surface area contributed by atoms with Crippen LogP contribution in [0.1, 0.15) is 18.1 Å². The minimum Gasteiger partial charge on any atom is -0.311 e. The van der Waals surface area contributed by atoms with Gasteiger partial charge in [-0.1, -0.05) is 61.0 Å². The predicted octanol–water partition coefficient (Wildman–Crippen LogP) is 3.95. The average Bonchev–Trinajstić information content (AvgIpc) is 2.53. The van der Waals surface area contributed by atoms with Gasteiger partial charge in [0.2, 0.25) is 0 Å². The van der Waals surface area contributed by atoms with Crippen LogP contribution in [0.4, 0.5) is 0 Å². The third-order valence-corrected chi connectivity index (χ3v) is 3.80. The van der Waals surface area contributed by atoms with Crippen LogP contribution in [-0.4, -0.2) is 24.5 Å². The van der Waals surface area contributed by atoms with Crippen LogP contribution in [0.25, 0.3) is 0 Å². The highest BCUT2D eigenvalue weighted by Crippen LogP contribution is 2.09. The van der Waals surface area contributed by atoms with E-state index in [9.17, 15) is 0 Å². The van der Waals surface area contributed by atoms with E-state index >= 15 is 0 Å². The normalized spacial score (nSPS) is 11.0. The minimum atomic E-state index is 0.791. The summed E-state index contributed by atoms with van der Waals surface area (Å²) in [6.45, 7) is 7.22. The first-order valence-electron chi connectivity index (χ1n) is 7.49. The zero-order valence-electron chi connectivity index (χ0n) is 12.6. The third-order valence-electron chi connectivity index (χ3n) is 3.54. The van der Waals surface area contributed by atoms with Crippen molar-refractivity contribution >= 4 is 11.6 Å². The Balaban J connectivity index is 1.70. The molecular formula is C18H23ClN2. The van der Waals surface area contributed by atoms with Gasteiger partial charge in [0.25, 0.3) is 0 Å². The van der Waals surface area contributed by atoms with Gasteiger partial charge >= 0.3 is 0 Å². The second-order valence-electron chi connectivity index (χ2n) is 5.16. The Morgan fingerprint density at radius 2 is 1.67 bits per heavy atom. The van der Waals surface area contributed by atoms with Gasteiger partial charge in [-0.05, 0) is 29.8 Å². The quantitative estimate of drug-likeness (QED) is 0.743. The van der Waals surface area contributed by atoms with Crippen LogP contribution in [0.15, 0.2) is 54.6 Å². The van der Waals surface area contributed by atoms with Crippen LogP contribution in [0.2, 0.25) is 5.02 Å². The Hall–Kier alpha value is -1.35. The number of hydrogen-bond acceptors (Lipinski definition) is 2. The third kappa shape index (κ3) is 5.88. The van der Waals surface area contributed by atoms with E-state index in [4.69, 9.17) is 11.6 Å². The van der Waals surface area contributed by atoms with Crippen LogP contribution in [-0.2, 0) is 13.1 Å². The lowest BCUT2D eigenvalue weighted by Gasteiger charge is -2.20. The molecule has 0 unspecified atom stereocenters. The van der Waals surface area contributed by atoms with E-state index in [1.165, 1.54) is 11.1 Å². The molecule has 1 N–H and O–H groups in total. The lowest BCUT2D eigenvalue weighted by molar-refractivity contribution is 0.279. The molecule has 0 atom stereocenters. The maximum Gasteiger partial charge on any atom is 0.0406 e. The first-order valence-corrected chi connectivity index (χ1v) is 7.87. The molecule has 2 rings (SSSR count).